The number of aromatic nitrogens is 3. The lowest BCUT2D eigenvalue weighted by Crippen LogP contribution is -2.13. The molecule has 2 aromatic carbocycles. The van der Waals surface area contributed by atoms with Crippen LogP contribution in [0, 0.1) is 6.92 Å². The van der Waals surface area contributed by atoms with E-state index in [4.69, 9.17) is 0 Å². The lowest BCUT2D eigenvalue weighted by molar-refractivity contribution is 1.14. The molecule has 0 aliphatic heterocycles. The number of nitrogens with one attached hydrogen (secondary N) is 2. The lowest BCUT2D eigenvalue weighted by Gasteiger charge is -2.10. The second kappa shape index (κ2) is 6.72. The summed E-state index contributed by atoms with van der Waals surface area (Å²) in [5.41, 5.74) is 3.87. The minimum Gasteiger partial charge on any atom is -0.325 e. The van der Waals surface area contributed by atoms with Gasteiger partial charge in [0.1, 0.15) is 0 Å². The first kappa shape index (κ1) is 16.5. The molecular weight excluding hydrogens is 392 g/mol. The first-order chi connectivity index (χ1) is 12.6. The molecule has 0 unspecified atom stereocenters. The Hall–Kier alpha value is -2.99. The van der Waals surface area contributed by atoms with Crippen LogP contribution in [0.15, 0.2) is 70.1 Å². The minimum atomic E-state index is -0.225. The van der Waals surface area contributed by atoms with Gasteiger partial charge in [-0.2, -0.15) is 4.98 Å². The Kier molecular flexibility index (Phi) is 4.26. The number of aryl methyl sites for hydroxylation is 1. The number of halogens is 1. The smallest absolute Gasteiger partial charge is 0.262 e. The van der Waals surface area contributed by atoms with E-state index in [1.165, 1.54) is 0 Å². The summed E-state index contributed by atoms with van der Waals surface area (Å²) in [5.74, 6) is 0.372. The molecule has 0 radical (unpaired) electrons. The highest BCUT2D eigenvalue weighted by atomic mass is 79.9. The van der Waals surface area contributed by atoms with Gasteiger partial charge in [0.15, 0.2) is 5.65 Å². The Morgan fingerprint density at radius 3 is 2.58 bits per heavy atom. The van der Waals surface area contributed by atoms with Gasteiger partial charge in [-0.15, -0.1) is 0 Å². The normalized spacial score (nSPS) is 10.8. The van der Waals surface area contributed by atoms with Crippen LogP contribution in [0.4, 0.5) is 11.6 Å². The van der Waals surface area contributed by atoms with Crippen molar-refractivity contribution in [1.82, 2.24) is 15.0 Å². The summed E-state index contributed by atoms with van der Waals surface area (Å²) >= 11 is 3.43. The van der Waals surface area contributed by atoms with Gasteiger partial charge in [0.05, 0.1) is 5.39 Å². The number of pyridine rings is 1. The number of H-pyrrole nitrogens is 1. The van der Waals surface area contributed by atoms with Gasteiger partial charge < -0.3 is 5.32 Å². The van der Waals surface area contributed by atoms with E-state index in [1.807, 2.05) is 61.5 Å². The topological polar surface area (TPSA) is 70.7 Å². The van der Waals surface area contributed by atoms with E-state index < -0.39 is 0 Å². The summed E-state index contributed by atoms with van der Waals surface area (Å²) in [5, 5.41) is 3.64. The van der Waals surface area contributed by atoms with Crippen molar-refractivity contribution in [1.29, 1.82) is 0 Å². The standard InChI is InChI=1S/C20H15BrN4O/c1-12-4-2-3-5-16(12)23-20-24-18-17(19(26)25-20)15(10-11-22-18)13-6-8-14(21)9-7-13/h2-11H,1H3,(H2,22,23,24,25,26). The van der Waals surface area contributed by atoms with Crippen LogP contribution in [0.1, 0.15) is 5.56 Å². The Balaban J connectivity index is 1.83. The first-order valence-corrected chi connectivity index (χ1v) is 8.89. The van der Waals surface area contributed by atoms with Gasteiger partial charge in [0, 0.05) is 16.4 Å². The van der Waals surface area contributed by atoms with E-state index in [1.54, 1.807) is 6.20 Å². The van der Waals surface area contributed by atoms with E-state index in [0.717, 1.165) is 26.9 Å². The van der Waals surface area contributed by atoms with E-state index in [9.17, 15) is 4.79 Å². The number of para-hydroxylation sites is 1. The van der Waals surface area contributed by atoms with Crippen molar-refractivity contribution in [2.45, 2.75) is 6.92 Å². The fourth-order valence-electron chi connectivity index (χ4n) is 2.83. The maximum absolute atomic E-state index is 12.8. The third-order valence-electron chi connectivity index (χ3n) is 4.16. The molecule has 2 aromatic heterocycles. The summed E-state index contributed by atoms with van der Waals surface area (Å²) in [4.78, 5) is 24.4. The largest absolute Gasteiger partial charge is 0.325 e. The van der Waals surface area contributed by atoms with Gasteiger partial charge in [-0.1, -0.05) is 46.3 Å². The monoisotopic (exact) mass is 406 g/mol. The third-order valence-corrected chi connectivity index (χ3v) is 4.69. The summed E-state index contributed by atoms with van der Waals surface area (Å²) < 4.78 is 0.983. The highest BCUT2D eigenvalue weighted by Crippen LogP contribution is 2.26. The van der Waals surface area contributed by atoms with Crippen LogP contribution in [0.25, 0.3) is 22.2 Å². The molecule has 128 valence electrons. The van der Waals surface area contributed by atoms with E-state index >= 15 is 0 Å². The van der Waals surface area contributed by atoms with E-state index in [-0.39, 0.29) is 5.56 Å². The van der Waals surface area contributed by atoms with Gasteiger partial charge >= 0.3 is 0 Å². The highest BCUT2D eigenvalue weighted by molar-refractivity contribution is 9.10. The molecule has 2 heterocycles. The highest BCUT2D eigenvalue weighted by Gasteiger charge is 2.12. The van der Waals surface area contributed by atoms with Crippen molar-refractivity contribution in [3.63, 3.8) is 0 Å². The molecule has 0 aliphatic carbocycles. The molecule has 0 atom stereocenters. The number of hydrogen-bond donors (Lipinski definition) is 2. The molecule has 0 amide bonds. The number of nitrogens with zero attached hydrogens (tertiary/aromatic N) is 2. The van der Waals surface area contributed by atoms with Crippen LogP contribution in [0.5, 0.6) is 0 Å². The lowest BCUT2D eigenvalue weighted by atomic mass is 10.0. The molecule has 0 bridgehead atoms. The van der Waals surface area contributed by atoms with Crippen LogP contribution < -0.4 is 10.9 Å². The average molecular weight is 407 g/mol. The zero-order valence-corrected chi connectivity index (χ0v) is 15.5. The number of aromatic amines is 1. The van der Waals surface area contributed by atoms with E-state index in [2.05, 4.69) is 36.2 Å². The number of rotatable bonds is 3. The Morgan fingerprint density at radius 1 is 1.04 bits per heavy atom. The molecule has 4 rings (SSSR count). The fraction of sp³-hybridized carbons (Fsp3) is 0.0500. The second-order valence-corrected chi connectivity index (χ2v) is 6.83. The average Bonchev–Trinajstić information content (AvgIpc) is 2.64. The van der Waals surface area contributed by atoms with Crippen molar-refractivity contribution < 1.29 is 0 Å². The van der Waals surface area contributed by atoms with Crippen LogP contribution in [0.2, 0.25) is 0 Å². The summed E-state index contributed by atoms with van der Waals surface area (Å²) in [6, 6.07) is 17.4. The predicted molar refractivity (Wildman–Crippen MR) is 108 cm³/mol. The van der Waals surface area contributed by atoms with Gasteiger partial charge in [0.25, 0.3) is 5.56 Å². The molecule has 0 fully saturated rings. The zero-order chi connectivity index (χ0) is 18.1. The van der Waals surface area contributed by atoms with Gasteiger partial charge in [-0.05, 0) is 47.9 Å². The van der Waals surface area contributed by atoms with Gasteiger partial charge in [0.2, 0.25) is 5.95 Å². The Bertz CT molecular complexity index is 1150. The maximum Gasteiger partial charge on any atom is 0.262 e. The van der Waals surface area contributed by atoms with Gasteiger partial charge in [-0.25, -0.2) is 4.98 Å². The number of anilines is 2. The molecule has 0 saturated heterocycles. The summed E-state index contributed by atoms with van der Waals surface area (Å²) in [7, 11) is 0. The number of hydrogen-bond acceptors (Lipinski definition) is 4. The van der Waals surface area contributed by atoms with Crippen LogP contribution in [-0.2, 0) is 0 Å². The Labute approximate surface area is 158 Å². The molecule has 6 heteroatoms. The maximum atomic E-state index is 12.8. The van der Waals surface area contributed by atoms with Crippen molar-refractivity contribution in [3.8, 4) is 11.1 Å². The number of benzene rings is 2. The van der Waals surface area contributed by atoms with Crippen LogP contribution in [0.3, 0.4) is 0 Å². The first-order valence-electron chi connectivity index (χ1n) is 8.09. The fourth-order valence-corrected chi connectivity index (χ4v) is 3.10. The molecule has 0 aliphatic rings. The second-order valence-electron chi connectivity index (χ2n) is 5.92. The summed E-state index contributed by atoms with van der Waals surface area (Å²) in [6.45, 7) is 1.99. The summed E-state index contributed by atoms with van der Waals surface area (Å²) in [6.07, 6.45) is 1.67. The molecule has 4 aromatic rings. The number of fused-ring (bicyclic) bond motifs is 1. The van der Waals surface area contributed by atoms with Crippen molar-refractivity contribution >= 4 is 38.6 Å². The quantitative estimate of drug-likeness (QED) is 0.512. The van der Waals surface area contributed by atoms with Gasteiger partial charge in [-0.3, -0.25) is 9.78 Å². The zero-order valence-electron chi connectivity index (χ0n) is 14.0. The third kappa shape index (κ3) is 3.11. The molecular formula is C20H15BrN4O. The molecule has 0 saturated carbocycles. The van der Waals surface area contributed by atoms with E-state index in [0.29, 0.717) is 17.0 Å². The van der Waals surface area contributed by atoms with Crippen molar-refractivity contribution in [2.75, 3.05) is 5.32 Å². The molecule has 0 spiro atoms. The van der Waals surface area contributed by atoms with Crippen LogP contribution >= 0.6 is 15.9 Å². The van der Waals surface area contributed by atoms with Crippen LogP contribution in [-0.4, -0.2) is 15.0 Å². The minimum absolute atomic E-state index is 0.225. The molecule has 5 nitrogen and oxygen atoms in total. The SMILES string of the molecule is Cc1ccccc1Nc1nc2nccc(-c3ccc(Br)cc3)c2c(=O)[nH]1. The Morgan fingerprint density at radius 2 is 1.81 bits per heavy atom. The molecule has 26 heavy (non-hydrogen) atoms. The van der Waals surface area contributed by atoms with Crippen molar-refractivity contribution in [2.24, 2.45) is 0 Å². The molecule has 2 N–H and O–H groups in total. The predicted octanol–water partition coefficient (Wildman–Crippen LogP) is 4.80. The van der Waals surface area contributed by atoms with Crippen molar-refractivity contribution in [3.05, 3.63) is 81.2 Å².